The van der Waals surface area contributed by atoms with Gasteiger partial charge in [-0.1, -0.05) is 53.6 Å². The van der Waals surface area contributed by atoms with E-state index in [0.29, 0.717) is 17.0 Å². The smallest absolute Gasteiger partial charge is 0.355 e. The van der Waals surface area contributed by atoms with E-state index < -0.39 is 16.0 Å². The summed E-state index contributed by atoms with van der Waals surface area (Å²) >= 11 is 6.25. The summed E-state index contributed by atoms with van der Waals surface area (Å²) in [6, 6.07) is 14.1. The molecule has 6 nitrogen and oxygen atoms in total. The van der Waals surface area contributed by atoms with Crippen molar-refractivity contribution in [3.8, 4) is 0 Å². The number of aryl methyl sites for hydroxylation is 2. The van der Waals surface area contributed by atoms with Gasteiger partial charge in [-0.2, -0.15) is 4.31 Å². The van der Waals surface area contributed by atoms with Gasteiger partial charge in [-0.15, -0.1) is 0 Å². The van der Waals surface area contributed by atoms with Gasteiger partial charge in [-0.3, -0.25) is 0 Å². The number of aromatic amines is 1. The third-order valence-electron chi connectivity index (χ3n) is 5.34. The topological polar surface area (TPSA) is 79.5 Å². The molecule has 8 heteroatoms. The first-order valence-corrected chi connectivity index (χ1v) is 12.1. The number of H-pyrrole nitrogens is 1. The monoisotopic (exact) mass is 474 g/mol. The number of hydrogen-bond acceptors (Lipinski definition) is 4. The zero-order valence-electron chi connectivity index (χ0n) is 18.6. The van der Waals surface area contributed by atoms with Crippen LogP contribution in [0.1, 0.15) is 45.4 Å². The Labute approximate surface area is 194 Å². The van der Waals surface area contributed by atoms with E-state index in [4.69, 9.17) is 16.3 Å². The third-order valence-corrected chi connectivity index (χ3v) is 7.63. The van der Waals surface area contributed by atoms with E-state index in [1.807, 2.05) is 38.1 Å². The molecule has 2 aromatic carbocycles. The fourth-order valence-corrected chi connectivity index (χ4v) is 5.42. The average Bonchev–Trinajstić information content (AvgIpc) is 3.03. The van der Waals surface area contributed by atoms with Gasteiger partial charge in [0.25, 0.3) is 0 Å². The Morgan fingerprint density at radius 1 is 1.03 bits per heavy atom. The Bertz CT molecular complexity index is 1220. The summed E-state index contributed by atoms with van der Waals surface area (Å²) in [5.74, 6) is -0.460. The number of ether oxygens (including phenoxy) is 1. The number of nitrogens with one attached hydrogen (secondary N) is 1. The van der Waals surface area contributed by atoms with Crippen LogP contribution in [-0.2, 0) is 27.8 Å². The fourth-order valence-electron chi connectivity index (χ4n) is 3.53. The van der Waals surface area contributed by atoms with Crippen LogP contribution >= 0.6 is 11.6 Å². The van der Waals surface area contributed by atoms with E-state index >= 15 is 0 Å². The predicted octanol–water partition coefficient (Wildman–Crippen LogP) is 5.16. The molecule has 0 saturated heterocycles. The number of halogens is 1. The Balaban J connectivity index is 2.05. The molecule has 0 unspecified atom stereocenters. The van der Waals surface area contributed by atoms with Crippen LogP contribution < -0.4 is 0 Å². The number of nitrogens with zero attached hydrogens (tertiary/aromatic N) is 1. The Morgan fingerprint density at radius 2 is 1.69 bits per heavy atom. The molecule has 1 N–H and O–H groups in total. The molecule has 1 heterocycles. The van der Waals surface area contributed by atoms with Crippen LogP contribution in [0.15, 0.2) is 53.4 Å². The quantitative estimate of drug-likeness (QED) is 0.457. The zero-order chi connectivity index (χ0) is 23.5. The summed E-state index contributed by atoms with van der Waals surface area (Å²) in [6.07, 6.45) is 0. The molecule has 0 fully saturated rings. The molecule has 0 amide bonds. The van der Waals surface area contributed by atoms with Gasteiger partial charge in [0.15, 0.2) is 0 Å². The van der Waals surface area contributed by atoms with Crippen LogP contribution in [0.25, 0.3) is 0 Å². The normalized spacial score (nSPS) is 11.7. The largest absolute Gasteiger partial charge is 0.461 e. The highest BCUT2D eigenvalue weighted by Gasteiger charge is 2.29. The maximum Gasteiger partial charge on any atom is 0.355 e. The molecule has 170 valence electrons. The molecule has 0 bridgehead atoms. The zero-order valence-corrected chi connectivity index (χ0v) is 20.2. The molecule has 0 aliphatic carbocycles. The number of rotatable bonds is 8. The summed E-state index contributed by atoms with van der Waals surface area (Å²) in [7, 11) is -3.92. The summed E-state index contributed by atoms with van der Waals surface area (Å²) < 4.78 is 33.8. The van der Waals surface area contributed by atoms with Gasteiger partial charge in [-0.05, 0) is 56.5 Å². The van der Waals surface area contributed by atoms with Gasteiger partial charge >= 0.3 is 5.97 Å². The minimum Gasteiger partial charge on any atom is -0.461 e. The van der Waals surface area contributed by atoms with Gasteiger partial charge in [0.1, 0.15) is 10.6 Å². The van der Waals surface area contributed by atoms with E-state index in [9.17, 15) is 13.2 Å². The summed E-state index contributed by atoms with van der Waals surface area (Å²) in [5, 5.41) is 0.163. The van der Waals surface area contributed by atoms with Crippen LogP contribution in [0.5, 0.6) is 0 Å². The van der Waals surface area contributed by atoms with Crippen LogP contribution in [-0.4, -0.2) is 30.3 Å². The highest BCUT2D eigenvalue weighted by Crippen LogP contribution is 2.29. The third kappa shape index (κ3) is 5.06. The maximum absolute atomic E-state index is 13.6. The molecule has 1 aromatic heterocycles. The molecule has 3 aromatic rings. The van der Waals surface area contributed by atoms with Gasteiger partial charge < -0.3 is 9.72 Å². The molecular weight excluding hydrogens is 448 g/mol. The molecule has 0 saturated carbocycles. The van der Waals surface area contributed by atoms with Gasteiger partial charge in [-0.25, -0.2) is 13.2 Å². The summed E-state index contributed by atoms with van der Waals surface area (Å²) in [4.78, 5) is 15.4. The Kier molecular flexibility index (Phi) is 7.44. The van der Waals surface area contributed by atoms with Crippen LogP contribution in [0.3, 0.4) is 0 Å². The van der Waals surface area contributed by atoms with Crippen molar-refractivity contribution in [3.05, 3.63) is 87.2 Å². The summed E-state index contributed by atoms with van der Waals surface area (Å²) in [6.45, 7) is 7.82. The van der Waals surface area contributed by atoms with Crippen LogP contribution in [0.4, 0.5) is 0 Å². The maximum atomic E-state index is 13.6. The van der Waals surface area contributed by atoms with Crippen molar-refractivity contribution in [3.63, 3.8) is 0 Å². The number of carbonyl (C=O) groups is 1. The van der Waals surface area contributed by atoms with Crippen molar-refractivity contribution in [1.29, 1.82) is 0 Å². The molecule has 0 aliphatic heterocycles. The first-order chi connectivity index (χ1) is 15.1. The van der Waals surface area contributed by atoms with Gasteiger partial charge in [0.2, 0.25) is 10.0 Å². The predicted molar refractivity (Wildman–Crippen MR) is 125 cm³/mol. The van der Waals surface area contributed by atoms with Crippen molar-refractivity contribution in [2.45, 2.75) is 45.7 Å². The molecular formula is C24H27ClN2O4S. The number of esters is 1. The van der Waals surface area contributed by atoms with Crippen molar-refractivity contribution in [2.24, 2.45) is 0 Å². The highest BCUT2D eigenvalue weighted by atomic mass is 35.5. The lowest BCUT2D eigenvalue weighted by atomic mass is 10.1. The lowest BCUT2D eigenvalue weighted by Crippen LogP contribution is -2.31. The van der Waals surface area contributed by atoms with Gasteiger partial charge in [0.05, 0.1) is 11.6 Å². The SMILES string of the molecule is CCOC(=O)c1[nH]c(C)c(CN(Cc2ccc(C)cc2)S(=O)(=O)c2ccccc2Cl)c1C. The van der Waals surface area contributed by atoms with Crippen molar-refractivity contribution < 1.29 is 17.9 Å². The lowest BCUT2D eigenvalue weighted by molar-refractivity contribution is 0.0519. The number of hydrogen-bond donors (Lipinski definition) is 1. The molecule has 0 aliphatic rings. The second-order valence-electron chi connectivity index (χ2n) is 7.64. The lowest BCUT2D eigenvalue weighted by Gasteiger charge is -2.23. The van der Waals surface area contributed by atoms with Crippen LogP contribution in [0.2, 0.25) is 5.02 Å². The minimum atomic E-state index is -3.92. The van der Waals surface area contributed by atoms with Gasteiger partial charge in [0, 0.05) is 18.8 Å². The van der Waals surface area contributed by atoms with Crippen molar-refractivity contribution in [1.82, 2.24) is 9.29 Å². The van der Waals surface area contributed by atoms with Crippen molar-refractivity contribution >= 4 is 27.6 Å². The molecule has 0 spiro atoms. The molecule has 32 heavy (non-hydrogen) atoms. The summed E-state index contributed by atoms with van der Waals surface area (Å²) in [5.41, 5.74) is 4.40. The number of carbonyl (C=O) groups excluding carboxylic acids is 1. The Hall–Kier alpha value is -2.61. The van der Waals surface area contributed by atoms with E-state index in [-0.39, 0.29) is 29.6 Å². The highest BCUT2D eigenvalue weighted by molar-refractivity contribution is 7.89. The van der Waals surface area contributed by atoms with E-state index in [1.54, 1.807) is 32.0 Å². The van der Waals surface area contributed by atoms with Crippen molar-refractivity contribution in [2.75, 3.05) is 6.61 Å². The molecule has 0 atom stereocenters. The van der Waals surface area contributed by atoms with E-state index in [1.165, 1.54) is 10.4 Å². The fraction of sp³-hybridized carbons (Fsp3) is 0.292. The number of aromatic nitrogens is 1. The minimum absolute atomic E-state index is 0.0465. The standard InChI is InChI=1S/C24H27ClN2O4S/c1-5-31-24(28)23-17(3)20(18(4)26-23)15-27(14-19-12-10-16(2)11-13-19)32(29,30)22-9-7-6-8-21(22)25/h6-13,26H,5,14-15H2,1-4H3. The average molecular weight is 475 g/mol. The number of sulfonamides is 1. The second kappa shape index (κ2) is 9.90. The molecule has 0 radical (unpaired) electrons. The number of benzene rings is 2. The second-order valence-corrected chi connectivity index (χ2v) is 9.95. The Morgan fingerprint density at radius 3 is 2.31 bits per heavy atom. The first kappa shape index (κ1) is 24.0. The first-order valence-electron chi connectivity index (χ1n) is 10.3. The molecule has 3 rings (SSSR count). The van der Waals surface area contributed by atoms with Crippen LogP contribution in [0, 0.1) is 20.8 Å². The van der Waals surface area contributed by atoms with E-state index in [0.717, 1.165) is 16.7 Å². The van der Waals surface area contributed by atoms with E-state index in [2.05, 4.69) is 4.98 Å².